The predicted octanol–water partition coefficient (Wildman–Crippen LogP) is 2.32. The van der Waals surface area contributed by atoms with Gasteiger partial charge in [0.05, 0.1) is 6.20 Å². The molecule has 1 saturated heterocycles. The quantitative estimate of drug-likeness (QED) is 0.850. The molecule has 122 valence electrons. The van der Waals surface area contributed by atoms with E-state index in [-0.39, 0.29) is 11.9 Å². The van der Waals surface area contributed by atoms with Crippen LogP contribution in [0.15, 0.2) is 30.7 Å². The third-order valence-corrected chi connectivity index (χ3v) is 4.50. The Morgan fingerprint density at radius 2 is 2.26 bits per heavy atom. The maximum absolute atomic E-state index is 12.9. The topological polar surface area (TPSA) is 63.9 Å². The van der Waals surface area contributed by atoms with Crippen molar-refractivity contribution in [3.05, 3.63) is 42.0 Å². The van der Waals surface area contributed by atoms with Gasteiger partial charge in [0.1, 0.15) is 5.69 Å². The van der Waals surface area contributed by atoms with Crippen molar-refractivity contribution in [2.24, 2.45) is 0 Å². The number of hydrogen-bond acceptors (Lipinski definition) is 4. The van der Waals surface area contributed by atoms with E-state index in [9.17, 15) is 4.79 Å². The first-order valence-corrected chi connectivity index (χ1v) is 8.38. The lowest BCUT2D eigenvalue weighted by atomic mass is 9.98. The Hall–Kier alpha value is -2.24. The summed E-state index contributed by atoms with van der Waals surface area (Å²) in [6.45, 7) is 3.70. The summed E-state index contributed by atoms with van der Waals surface area (Å²) in [5.74, 6) is 0.0589. The third kappa shape index (κ3) is 3.75. The second kappa shape index (κ2) is 7.35. The van der Waals surface area contributed by atoms with Crippen LogP contribution in [0.5, 0.6) is 0 Å². The highest BCUT2D eigenvalue weighted by Gasteiger charge is 2.28. The lowest BCUT2D eigenvalue weighted by molar-refractivity contribution is 0.0587. The molecule has 1 fully saturated rings. The van der Waals surface area contributed by atoms with Crippen molar-refractivity contribution < 1.29 is 4.79 Å². The highest BCUT2D eigenvalue weighted by atomic mass is 16.2. The van der Waals surface area contributed by atoms with Gasteiger partial charge in [-0.1, -0.05) is 12.1 Å². The number of aryl methyl sites for hydroxylation is 2. The monoisotopic (exact) mass is 313 g/mol. The smallest absolute Gasteiger partial charge is 0.272 e. The van der Waals surface area contributed by atoms with Crippen LogP contribution in [0.25, 0.3) is 0 Å². The van der Waals surface area contributed by atoms with Gasteiger partial charge in [-0.3, -0.25) is 14.5 Å². The molecule has 0 N–H and O–H groups in total. The zero-order chi connectivity index (χ0) is 16.1. The van der Waals surface area contributed by atoms with Crippen LogP contribution >= 0.6 is 0 Å². The first kappa shape index (κ1) is 15.6. The molecule has 0 radical (unpaired) electrons. The molecule has 2 aromatic rings. The van der Waals surface area contributed by atoms with E-state index >= 15 is 0 Å². The number of likely N-dealkylation sites (tertiary alicyclic amines) is 1. The summed E-state index contributed by atoms with van der Waals surface area (Å²) in [7, 11) is 0. The van der Waals surface area contributed by atoms with Crippen molar-refractivity contribution in [3.63, 3.8) is 0 Å². The Bertz CT molecular complexity index is 640. The molecule has 3 rings (SSSR count). The van der Waals surface area contributed by atoms with Crippen LogP contribution in [0.1, 0.15) is 48.7 Å². The number of rotatable bonds is 5. The van der Waals surface area contributed by atoms with E-state index in [1.165, 1.54) is 6.42 Å². The molecule has 1 aliphatic rings. The molecule has 0 spiro atoms. The van der Waals surface area contributed by atoms with Crippen LogP contribution in [0, 0.1) is 0 Å². The fourth-order valence-corrected chi connectivity index (χ4v) is 3.16. The molecular weight excluding hydrogens is 290 g/mol. The minimum atomic E-state index is 0.0589. The molecule has 1 aliphatic heterocycles. The number of aromatic nitrogens is 4. The zero-order valence-corrected chi connectivity index (χ0v) is 13.6. The molecule has 6 nitrogen and oxygen atoms in total. The minimum absolute atomic E-state index is 0.0589. The van der Waals surface area contributed by atoms with E-state index in [0.29, 0.717) is 5.69 Å². The van der Waals surface area contributed by atoms with E-state index in [2.05, 4.69) is 22.2 Å². The molecule has 1 unspecified atom stereocenters. The van der Waals surface area contributed by atoms with Gasteiger partial charge < -0.3 is 4.90 Å². The second-order valence-corrected chi connectivity index (χ2v) is 6.01. The highest BCUT2D eigenvalue weighted by Crippen LogP contribution is 2.22. The second-order valence-electron chi connectivity index (χ2n) is 6.01. The average Bonchev–Trinajstić information content (AvgIpc) is 3.13. The van der Waals surface area contributed by atoms with Crippen molar-refractivity contribution in [1.82, 2.24) is 24.9 Å². The average molecular weight is 313 g/mol. The van der Waals surface area contributed by atoms with Crippen molar-refractivity contribution in [3.8, 4) is 0 Å². The predicted molar refractivity (Wildman–Crippen MR) is 86.9 cm³/mol. The van der Waals surface area contributed by atoms with E-state index in [4.69, 9.17) is 0 Å². The van der Waals surface area contributed by atoms with Crippen molar-refractivity contribution >= 4 is 5.91 Å². The van der Waals surface area contributed by atoms with E-state index in [1.54, 1.807) is 12.4 Å². The number of carbonyl (C=O) groups excluding carboxylic acids is 1. The number of hydrogen-bond donors (Lipinski definition) is 0. The van der Waals surface area contributed by atoms with Gasteiger partial charge >= 0.3 is 0 Å². The summed E-state index contributed by atoms with van der Waals surface area (Å²) >= 11 is 0. The Labute approximate surface area is 136 Å². The molecule has 6 heteroatoms. The first-order valence-electron chi connectivity index (χ1n) is 8.38. The van der Waals surface area contributed by atoms with Gasteiger partial charge in [-0.15, -0.1) is 5.10 Å². The largest absolute Gasteiger partial charge is 0.334 e. The van der Waals surface area contributed by atoms with Gasteiger partial charge in [0, 0.05) is 31.5 Å². The molecule has 3 heterocycles. The molecule has 0 saturated carbocycles. The van der Waals surface area contributed by atoms with Crippen LogP contribution in [0.3, 0.4) is 0 Å². The zero-order valence-electron chi connectivity index (χ0n) is 13.6. The molecule has 2 aromatic heterocycles. The van der Waals surface area contributed by atoms with Crippen LogP contribution in [0.2, 0.25) is 0 Å². The molecule has 1 atom stereocenters. The molecule has 23 heavy (non-hydrogen) atoms. The number of amides is 1. The summed E-state index contributed by atoms with van der Waals surface area (Å²) in [6, 6.07) is 4.15. The highest BCUT2D eigenvalue weighted by molar-refractivity contribution is 5.92. The fraction of sp³-hybridized carbons (Fsp3) is 0.529. The third-order valence-electron chi connectivity index (χ3n) is 4.50. The molecule has 0 bridgehead atoms. The summed E-state index contributed by atoms with van der Waals surface area (Å²) in [5, 5.41) is 7.83. The number of pyridine rings is 1. The Morgan fingerprint density at radius 3 is 3.04 bits per heavy atom. The Morgan fingerprint density at radius 1 is 1.35 bits per heavy atom. The van der Waals surface area contributed by atoms with Gasteiger partial charge in [-0.2, -0.15) is 0 Å². The van der Waals surface area contributed by atoms with Crippen LogP contribution in [-0.4, -0.2) is 43.4 Å². The summed E-state index contributed by atoms with van der Waals surface area (Å²) in [6.07, 6.45) is 10.4. The number of nitrogens with zero attached hydrogens (tertiary/aromatic N) is 5. The SMILES string of the molecule is CCc1ccnc(C(=O)N2CCCCC2CCn2ccnn2)c1. The Balaban J connectivity index is 1.70. The molecule has 0 aliphatic carbocycles. The minimum Gasteiger partial charge on any atom is -0.334 e. The normalized spacial score (nSPS) is 18.1. The van der Waals surface area contributed by atoms with E-state index in [1.807, 2.05) is 27.9 Å². The van der Waals surface area contributed by atoms with Gasteiger partial charge in [0.2, 0.25) is 0 Å². The fourth-order valence-electron chi connectivity index (χ4n) is 3.16. The molecule has 1 amide bonds. The van der Waals surface area contributed by atoms with Crippen LogP contribution in [0.4, 0.5) is 0 Å². The number of carbonyl (C=O) groups is 1. The standard InChI is InChI=1S/C17H23N5O/c1-2-14-6-8-18-16(13-14)17(23)22-10-4-3-5-15(22)7-11-21-12-9-19-20-21/h6,8-9,12-13,15H,2-5,7,10-11H2,1H3. The van der Waals surface area contributed by atoms with Crippen LogP contribution in [-0.2, 0) is 13.0 Å². The molecular formula is C17H23N5O. The van der Waals surface area contributed by atoms with Crippen LogP contribution < -0.4 is 0 Å². The van der Waals surface area contributed by atoms with E-state index in [0.717, 1.165) is 44.3 Å². The molecule has 0 aromatic carbocycles. The van der Waals surface area contributed by atoms with Crippen molar-refractivity contribution in [2.45, 2.75) is 51.6 Å². The van der Waals surface area contributed by atoms with Gasteiger partial charge in [0.25, 0.3) is 5.91 Å². The van der Waals surface area contributed by atoms with Gasteiger partial charge in [0.15, 0.2) is 0 Å². The first-order chi connectivity index (χ1) is 11.3. The lowest BCUT2D eigenvalue weighted by Crippen LogP contribution is -2.44. The van der Waals surface area contributed by atoms with Crippen molar-refractivity contribution in [2.75, 3.05) is 6.54 Å². The van der Waals surface area contributed by atoms with Crippen molar-refractivity contribution in [1.29, 1.82) is 0 Å². The van der Waals surface area contributed by atoms with E-state index < -0.39 is 0 Å². The number of piperidine rings is 1. The van der Waals surface area contributed by atoms with Gasteiger partial charge in [-0.05, 0) is 49.8 Å². The maximum atomic E-state index is 12.9. The summed E-state index contributed by atoms with van der Waals surface area (Å²) in [5.41, 5.74) is 1.72. The summed E-state index contributed by atoms with van der Waals surface area (Å²) in [4.78, 5) is 19.2. The van der Waals surface area contributed by atoms with Gasteiger partial charge in [-0.25, -0.2) is 0 Å². The maximum Gasteiger partial charge on any atom is 0.272 e. The summed E-state index contributed by atoms with van der Waals surface area (Å²) < 4.78 is 1.83. The lowest BCUT2D eigenvalue weighted by Gasteiger charge is -2.35. The Kier molecular flexibility index (Phi) is 5.00.